The Morgan fingerprint density at radius 1 is 0.761 bits per heavy atom. The van der Waals surface area contributed by atoms with E-state index in [0.717, 1.165) is 24.8 Å². The van der Waals surface area contributed by atoms with Crippen molar-refractivity contribution in [3.05, 3.63) is 108 Å². The normalized spacial score (nSPS) is 20.9. The van der Waals surface area contributed by atoms with E-state index >= 15 is 0 Å². The van der Waals surface area contributed by atoms with Gasteiger partial charge in [0.05, 0.1) is 12.4 Å². The van der Waals surface area contributed by atoms with Gasteiger partial charge in [-0.25, -0.2) is 9.97 Å². The van der Waals surface area contributed by atoms with E-state index < -0.39 is 12.1 Å². The average Bonchev–Trinajstić information content (AvgIpc) is 3.80. The highest BCUT2D eigenvalue weighted by molar-refractivity contribution is 6.01. The van der Waals surface area contributed by atoms with Crippen LogP contribution < -0.4 is 10.6 Å². The number of benzene rings is 1. The number of hydrogen-bond donors (Lipinski definition) is 2. The number of allylic oxidation sites excluding steroid dienone is 4. The maximum absolute atomic E-state index is 13.0. The van der Waals surface area contributed by atoms with Crippen LogP contribution in [0, 0.1) is 5.92 Å². The van der Waals surface area contributed by atoms with E-state index in [-0.39, 0.29) is 40.9 Å². The number of nitrogens with one attached hydrogen (secondary N) is 2. The van der Waals surface area contributed by atoms with E-state index in [2.05, 4.69) is 36.6 Å². The molecule has 0 saturated carbocycles. The summed E-state index contributed by atoms with van der Waals surface area (Å²) in [7, 11) is 0. The monoisotopic (exact) mass is 618 g/mol. The lowest BCUT2D eigenvalue weighted by atomic mass is 9.98. The second-order valence-electron chi connectivity index (χ2n) is 11.4. The van der Waals surface area contributed by atoms with Crippen molar-refractivity contribution in [2.45, 2.75) is 44.2 Å². The van der Waals surface area contributed by atoms with Crippen LogP contribution >= 0.6 is 0 Å². The maximum Gasteiger partial charge on any atom is 0.274 e. The maximum atomic E-state index is 13.0. The molecule has 6 rings (SSSR count). The molecule has 1 aliphatic carbocycles. The molecule has 4 amide bonds. The van der Waals surface area contributed by atoms with Gasteiger partial charge in [-0.3, -0.25) is 29.1 Å². The average molecular weight is 619 g/mol. The van der Waals surface area contributed by atoms with Gasteiger partial charge in [-0.2, -0.15) is 0 Å². The van der Waals surface area contributed by atoms with Crippen LogP contribution in [0.2, 0.25) is 0 Å². The SMILES string of the molecule is O=C(NC1=CCC(/C=C/c2ccc(NC(=O)[C@@H]3CCCN3C(=O)c3cnccn3)cc2)C=C1)[C@@H]1CCCN1C(=O)c1cnccn1. The highest BCUT2D eigenvalue weighted by atomic mass is 16.2. The summed E-state index contributed by atoms with van der Waals surface area (Å²) in [6.45, 7) is 1.01. The molecule has 234 valence electrons. The van der Waals surface area contributed by atoms with Gasteiger partial charge in [-0.05, 0) is 61.8 Å². The van der Waals surface area contributed by atoms with Gasteiger partial charge in [0.2, 0.25) is 11.8 Å². The molecule has 2 aromatic heterocycles. The number of nitrogens with zero attached hydrogens (tertiary/aromatic N) is 6. The summed E-state index contributed by atoms with van der Waals surface area (Å²) in [6, 6.07) is 6.43. The van der Waals surface area contributed by atoms with Gasteiger partial charge in [-0.15, -0.1) is 0 Å². The third-order valence-corrected chi connectivity index (χ3v) is 8.31. The zero-order valence-corrected chi connectivity index (χ0v) is 25.2. The third-order valence-electron chi connectivity index (χ3n) is 8.31. The molecular formula is C34H34N8O4. The van der Waals surface area contributed by atoms with Crippen molar-refractivity contribution in [1.82, 2.24) is 35.1 Å². The van der Waals surface area contributed by atoms with Crippen molar-refractivity contribution >= 4 is 35.4 Å². The van der Waals surface area contributed by atoms with Gasteiger partial charge in [-0.1, -0.05) is 36.4 Å². The fourth-order valence-electron chi connectivity index (χ4n) is 5.91. The number of likely N-dealkylation sites (tertiary alicyclic amines) is 2. The first kappa shape index (κ1) is 30.5. The molecule has 3 aromatic rings. The molecule has 3 aliphatic rings. The predicted octanol–water partition coefficient (Wildman–Crippen LogP) is 3.40. The lowest BCUT2D eigenvalue weighted by Crippen LogP contribution is -2.45. The second kappa shape index (κ2) is 14.1. The molecule has 2 saturated heterocycles. The Labute approximate surface area is 266 Å². The van der Waals surface area contributed by atoms with Gasteiger partial charge in [0.25, 0.3) is 11.8 Å². The Morgan fingerprint density at radius 2 is 1.35 bits per heavy atom. The van der Waals surface area contributed by atoms with Crippen LogP contribution in [0.25, 0.3) is 6.08 Å². The van der Waals surface area contributed by atoms with Crippen molar-refractivity contribution in [2.24, 2.45) is 5.92 Å². The minimum Gasteiger partial charge on any atom is -0.325 e. The summed E-state index contributed by atoms with van der Waals surface area (Å²) in [5.41, 5.74) is 2.81. The molecular weight excluding hydrogens is 584 g/mol. The Balaban J connectivity index is 0.979. The van der Waals surface area contributed by atoms with Gasteiger partial charge in [0.1, 0.15) is 23.5 Å². The molecule has 2 fully saturated rings. The first-order valence-electron chi connectivity index (χ1n) is 15.4. The summed E-state index contributed by atoms with van der Waals surface area (Å²) in [4.78, 5) is 71.0. The summed E-state index contributed by atoms with van der Waals surface area (Å²) in [5, 5.41) is 5.91. The Morgan fingerprint density at radius 3 is 1.87 bits per heavy atom. The molecule has 46 heavy (non-hydrogen) atoms. The van der Waals surface area contributed by atoms with Gasteiger partial charge < -0.3 is 20.4 Å². The number of anilines is 1. The fraction of sp³-hybridized carbons (Fsp3) is 0.294. The molecule has 0 bridgehead atoms. The van der Waals surface area contributed by atoms with Crippen LogP contribution in [0.5, 0.6) is 0 Å². The zero-order chi connectivity index (χ0) is 31.9. The van der Waals surface area contributed by atoms with Crippen LogP contribution in [-0.2, 0) is 9.59 Å². The third kappa shape index (κ3) is 7.06. The Bertz CT molecular complexity index is 1670. The van der Waals surface area contributed by atoms with E-state index in [1.165, 1.54) is 37.2 Å². The molecule has 3 atom stereocenters. The molecule has 4 heterocycles. The Kier molecular flexibility index (Phi) is 9.32. The quantitative estimate of drug-likeness (QED) is 0.390. The first-order chi connectivity index (χ1) is 22.5. The van der Waals surface area contributed by atoms with Gasteiger partial charge >= 0.3 is 0 Å². The number of amides is 4. The molecule has 1 aromatic carbocycles. The van der Waals surface area contributed by atoms with Crippen molar-refractivity contribution in [3.63, 3.8) is 0 Å². The fourth-order valence-corrected chi connectivity index (χ4v) is 5.91. The van der Waals surface area contributed by atoms with Crippen LogP contribution in [-0.4, -0.2) is 78.5 Å². The van der Waals surface area contributed by atoms with E-state index in [4.69, 9.17) is 0 Å². The van der Waals surface area contributed by atoms with Crippen molar-refractivity contribution in [2.75, 3.05) is 18.4 Å². The number of carbonyl (C=O) groups is 4. The standard InChI is InChI=1S/C34H34N8O4/c43-31(29-3-1-19-41(29)33(45)27-21-35-15-17-37-27)39-25-11-7-23(8-12-25)5-6-24-9-13-26(14-10-24)40-32(44)30-4-2-20-42(30)34(46)28-22-36-16-18-38-28/h5-9,11-18,21-22,24,29-30H,1-4,10,19-20H2,(H,39,43)(H,40,44)/b6-5+/t24?,29-,30-/m0/s1. The summed E-state index contributed by atoms with van der Waals surface area (Å²) >= 11 is 0. The largest absolute Gasteiger partial charge is 0.325 e. The smallest absolute Gasteiger partial charge is 0.274 e. The molecule has 1 unspecified atom stereocenters. The second-order valence-corrected chi connectivity index (χ2v) is 11.4. The van der Waals surface area contributed by atoms with Crippen LogP contribution in [0.3, 0.4) is 0 Å². The van der Waals surface area contributed by atoms with E-state index in [0.29, 0.717) is 37.3 Å². The number of carbonyl (C=O) groups excluding carboxylic acids is 4. The summed E-state index contributed by atoms with van der Waals surface area (Å²) in [5.74, 6) is -0.853. The first-order valence-corrected chi connectivity index (χ1v) is 15.4. The molecule has 0 spiro atoms. The molecule has 0 radical (unpaired) electrons. The van der Waals surface area contributed by atoms with Crippen molar-refractivity contribution in [3.8, 4) is 0 Å². The van der Waals surface area contributed by atoms with Gasteiger partial charge in [0.15, 0.2) is 0 Å². The number of hydrogen-bond acceptors (Lipinski definition) is 8. The summed E-state index contributed by atoms with van der Waals surface area (Å²) in [6.07, 6.45) is 22.2. The summed E-state index contributed by atoms with van der Waals surface area (Å²) < 4.78 is 0. The number of aromatic nitrogens is 4. The predicted molar refractivity (Wildman–Crippen MR) is 170 cm³/mol. The van der Waals surface area contributed by atoms with Crippen LogP contribution in [0.4, 0.5) is 5.69 Å². The van der Waals surface area contributed by atoms with Crippen molar-refractivity contribution in [1.29, 1.82) is 0 Å². The zero-order valence-electron chi connectivity index (χ0n) is 25.2. The van der Waals surface area contributed by atoms with Crippen LogP contribution in [0.15, 0.2) is 91.4 Å². The Hall–Kier alpha value is -5.52. The molecule has 12 nitrogen and oxygen atoms in total. The minimum atomic E-state index is -0.557. The topological polar surface area (TPSA) is 150 Å². The lowest BCUT2D eigenvalue weighted by Gasteiger charge is -2.24. The molecule has 2 aliphatic heterocycles. The molecule has 2 N–H and O–H groups in total. The van der Waals surface area contributed by atoms with Crippen LogP contribution in [0.1, 0.15) is 58.6 Å². The molecule has 12 heteroatoms. The minimum absolute atomic E-state index is 0.154. The van der Waals surface area contributed by atoms with E-state index in [9.17, 15) is 19.2 Å². The van der Waals surface area contributed by atoms with E-state index in [1.807, 2.05) is 48.6 Å². The van der Waals surface area contributed by atoms with E-state index in [1.54, 1.807) is 9.80 Å². The van der Waals surface area contributed by atoms with Gasteiger partial charge in [0, 0.05) is 49.3 Å². The number of rotatable bonds is 8. The highest BCUT2D eigenvalue weighted by Crippen LogP contribution is 2.24. The van der Waals surface area contributed by atoms with Crippen molar-refractivity contribution < 1.29 is 19.2 Å². The lowest BCUT2D eigenvalue weighted by molar-refractivity contribution is -0.124. The highest BCUT2D eigenvalue weighted by Gasteiger charge is 2.36.